The Bertz CT molecular complexity index is 845. The van der Waals surface area contributed by atoms with E-state index in [-0.39, 0.29) is 17.6 Å². The molecule has 2 aliphatic heterocycles. The second-order valence-electron chi connectivity index (χ2n) is 8.24. The van der Waals surface area contributed by atoms with E-state index in [4.69, 9.17) is 4.74 Å². The lowest BCUT2D eigenvalue weighted by Crippen LogP contribution is -2.51. The number of hydrogen-bond donors (Lipinski definition) is 0. The van der Waals surface area contributed by atoms with Crippen LogP contribution in [0.1, 0.15) is 32.3 Å². The van der Waals surface area contributed by atoms with Gasteiger partial charge in [-0.15, -0.1) is 0 Å². The summed E-state index contributed by atoms with van der Waals surface area (Å²) in [6.45, 7) is 7.53. The summed E-state index contributed by atoms with van der Waals surface area (Å²) in [4.78, 5) is 29.3. The molecule has 8 nitrogen and oxygen atoms in total. The lowest BCUT2D eigenvalue weighted by Gasteiger charge is -2.36. The summed E-state index contributed by atoms with van der Waals surface area (Å²) >= 11 is 0. The number of piperazine rings is 1. The number of benzene rings is 1. The molecule has 0 aromatic heterocycles. The number of rotatable bonds is 7. The Hall–Kier alpha value is -1.97. The number of esters is 1. The van der Waals surface area contributed by atoms with Gasteiger partial charge in [0.25, 0.3) is 5.91 Å². The van der Waals surface area contributed by atoms with E-state index in [1.165, 1.54) is 9.87 Å². The van der Waals surface area contributed by atoms with Gasteiger partial charge in [0.2, 0.25) is 10.0 Å². The van der Waals surface area contributed by atoms with E-state index in [0.717, 1.165) is 19.6 Å². The van der Waals surface area contributed by atoms with Crippen LogP contribution >= 0.6 is 0 Å². The molecule has 0 radical (unpaired) electrons. The highest BCUT2D eigenvalue weighted by Crippen LogP contribution is 2.22. The average molecular weight is 452 g/mol. The smallest absolute Gasteiger partial charge is 0.309 e. The zero-order valence-corrected chi connectivity index (χ0v) is 19.2. The first kappa shape index (κ1) is 23.7. The van der Waals surface area contributed by atoms with Crippen LogP contribution in [0.4, 0.5) is 0 Å². The third-order valence-electron chi connectivity index (χ3n) is 6.12. The van der Waals surface area contributed by atoms with Crippen molar-refractivity contribution in [3.05, 3.63) is 35.9 Å². The third-order valence-corrected chi connectivity index (χ3v) is 8.00. The Morgan fingerprint density at radius 3 is 2.23 bits per heavy atom. The van der Waals surface area contributed by atoms with Gasteiger partial charge in [-0.3, -0.25) is 14.5 Å². The maximum absolute atomic E-state index is 12.7. The Morgan fingerprint density at radius 2 is 1.65 bits per heavy atom. The Morgan fingerprint density at radius 1 is 1.03 bits per heavy atom. The van der Waals surface area contributed by atoms with Crippen molar-refractivity contribution in [3.8, 4) is 0 Å². The van der Waals surface area contributed by atoms with Crippen molar-refractivity contribution < 1.29 is 22.7 Å². The Labute approximate surface area is 185 Å². The average Bonchev–Trinajstić information content (AvgIpc) is 2.79. The number of nitrogens with zero attached hydrogens (tertiary/aromatic N) is 3. The van der Waals surface area contributed by atoms with Gasteiger partial charge < -0.3 is 9.64 Å². The summed E-state index contributed by atoms with van der Waals surface area (Å²) < 4.78 is 30.8. The van der Waals surface area contributed by atoms with Crippen LogP contribution in [0.3, 0.4) is 0 Å². The van der Waals surface area contributed by atoms with Crippen LogP contribution < -0.4 is 0 Å². The summed E-state index contributed by atoms with van der Waals surface area (Å²) in [5.74, 6) is -0.871. The second-order valence-corrected chi connectivity index (χ2v) is 10.5. The molecule has 172 valence electrons. The van der Waals surface area contributed by atoms with E-state index in [0.29, 0.717) is 39.0 Å². The predicted molar refractivity (Wildman–Crippen MR) is 118 cm³/mol. The van der Waals surface area contributed by atoms with Gasteiger partial charge in [-0.25, -0.2) is 12.7 Å². The second kappa shape index (κ2) is 10.6. The van der Waals surface area contributed by atoms with Crippen molar-refractivity contribution in [2.75, 3.05) is 45.0 Å². The predicted octanol–water partition coefficient (Wildman–Crippen LogP) is 1.32. The minimum atomic E-state index is -3.23. The largest absolute Gasteiger partial charge is 0.452 e. The highest BCUT2D eigenvalue weighted by Gasteiger charge is 2.33. The third kappa shape index (κ3) is 6.27. The number of ether oxygens (including phenoxy) is 1. The van der Waals surface area contributed by atoms with Crippen molar-refractivity contribution in [1.82, 2.24) is 14.1 Å². The molecule has 2 saturated heterocycles. The zero-order chi connectivity index (χ0) is 22.4. The van der Waals surface area contributed by atoms with Crippen molar-refractivity contribution >= 4 is 21.9 Å². The Kier molecular flexibility index (Phi) is 8.07. The van der Waals surface area contributed by atoms with E-state index >= 15 is 0 Å². The highest BCUT2D eigenvalue weighted by atomic mass is 32.2. The molecule has 0 N–H and O–H groups in total. The Balaban J connectivity index is 1.42. The van der Waals surface area contributed by atoms with Crippen molar-refractivity contribution in [2.45, 2.75) is 39.3 Å². The minimum Gasteiger partial charge on any atom is -0.452 e. The lowest BCUT2D eigenvalue weighted by atomic mass is 9.98. The molecule has 0 saturated carbocycles. The number of amides is 1. The summed E-state index contributed by atoms with van der Waals surface area (Å²) in [6, 6.07) is 10.2. The molecule has 9 heteroatoms. The molecule has 3 rings (SSSR count). The summed E-state index contributed by atoms with van der Waals surface area (Å²) in [5.41, 5.74) is 1.25. The fraction of sp³-hybridized carbons (Fsp3) is 0.636. The van der Waals surface area contributed by atoms with Crippen molar-refractivity contribution in [3.63, 3.8) is 0 Å². The van der Waals surface area contributed by atoms with Crippen molar-refractivity contribution in [2.24, 2.45) is 5.92 Å². The minimum absolute atomic E-state index is 0.0618. The number of piperidine rings is 1. The summed E-state index contributed by atoms with van der Waals surface area (Å²) in [6.07, 6.45) is 0.0273. The van der Waals surface area contributed by atoms with Crippen LogP contribution in [0.25, 0.3) is 0 Å². The molecule has 0 spiro atoms. The first-order valence-electron chi connectivity index (χ1n) is 11.0. The molecule has 2 aliphatic rings. The molecule has 1 aromatic carbocycles. The SMILES string of the molecule is CCS(=O)(=O)N1CCC(C(=O)OC(C)C(=O)N2CCN(Cc3ccccc3)CC2)CC1. The first-order chi connectivity index (χ1) is 14.8. The maximum atomic E-state index is 12.7. The number of carbonyl (C=O) groups is 2. The van der Waals surface area contributed by atoms with Crippen LogP contribution in [0.2, 0.25) is 0 Å². The lowest BCUT2D eigenvalue weighted by molar-refractivity contribution is -0.164. The van der Waals surface area contributed by atoms with E-state index < -0.39 is 22.1 Å². The van der Waals surface area contributed by atoms with Gasteiger partial charge in [-0.2, -0.15) is 0 Å². The van der Waals surface area contributed by atoms with Gasteiger partial charge in [0.05, 0.1) is 11.7 Å². The molecule has 2 heterocycles. The van der Waals surface area contributed by atoms with Crippen LogP contribution in [-0.4, -0.2) is 85.5 Å². The molecular weight excluding hydrogens is 418 g/mol. The maximum Gasteiger partial charge on any atom is 0.309 e. The molecular formula is C22H33N3O5S. The van der Waals surface area contributed by atoms with Gasteiger partial charge in [0, 0.05) is 45.8 Å². The zero-order valence-electron chi connectivity index (χ0n) is 18.4. The van der Waals surface area contributed by atoms with Crippen LogP contribution in [0, 0.1) is 5.92 Å². The molecule has 31 heavy (non-hydrogen) atoms. The molecule has 0 aliphatic carbocycles. The fourth-order valence-electron chi connectivity index (χ4n) is 4.10. The molecule has 0 bridgehead atoms. The van der Waals surface area contributed by atoms with Gasteiger partial charge >= 0.3 is 5.97 Å². The standard InChI is InChI=1S/C22H33N3O5S/c1-3-31(28,29)25-11-9-20(10-12-25)22(27)30-18(2)21(26)24-15-13-23(14-16-24)17-19-7-5-4-6-8-19/h4-8,18,20H,3,9-17H2,1-2H3. The van der Waals surface area contributed by atoms with Crippen LogP contribution in [-0.2, 0) is 30.9 Å². The molecule has 1 aromatic rings. The quantitative estimate of drug-likeness (QED) is 0.581. The van der Waals surface area contributed by atoms with Crippen LogP contribution in [0.5, 0.6) is 0 Å². The van der Waals surface area contributed by atoms with E-state index in [1.807, 2.05) is 18.2 Å². The van der Waals surface area contributed by atoms with Gasteiger partial charge in [-0.1, -0.05) is 30.3 Å². The van der Waals surface area contributed by atoms with Gasteiger partial charge in [0.1, 0.15) is 0 Å². The fourth-order valence-corrected chi connectivity index (χ4v) is 5.23. The van der Waals surface area contributed by atoms with Crippen LogP contribution in [0.15, 0.2) is 30.3 Å². The number of carbonyl (C=O) groups excluding carboxylic acids is 2. The molecule has 1 atom stereocenters. The number of hydrogen-bond acceptors (Lipinski definition) is 6. The van der Waals surface area contributed by atoms with E-state index in [1.54, 1.807) is 18.7 Å². The van der Waals surface area contributed by atoms with E-state index in [2.05, 4.69) is 17.0 Å². The van der Waals surface area contributed by atoms with Gasteiger partial charge in [-0.05, 0) is 32.3 Å². The van der Waals surface area contributed by atoms with Gasteiger partial charge in [0.15, 0.2) is 6.10 Å². The highest BCUT2D eigenvalue weighted by molar-refractivity contribution is 7.89. The topological polar surface area (TPSA) is 87.2 Å². The molecule has 1 amide bonds. The summed E-state index contributed by atoms with van der Waals surface area (Å²) in [7, 11) is -3.23. The summed E-state index contributed by atoms with van der Waals surface area (Å²) in [5, 5.41) is 0. The molecule has 2 fully saturated rings. The monoisotopic (exact) mass is 451 g/mol. The number of sulfonamides is 1. The molecule has 1 unspecified atom stereocenters. The van der Waals surface area contributed by atoms with Crippen molar-refractivity contribution in [1.29, 1.82) is 0 Å². The normalized spacial score (nSPS) is 20.4. The van der Waals surface area contributed by atoms with E-state index in [9.17, 15) is 18.0 Å². The first-order valence-corrected chi connectivity index (χ1v) is 12.6.